The van der Waals surface area contributed by atoms with Gasteiger partial charge in [-0.1, -0.05) is 66.7 Å². The molecule has 0 aliphatic heterocycles. The zero-order valence-electron chi connectivity index (χ0n) is 12.1. The van der Waals surface area contributed by atoms with Gasteiger partial charge in [-0.15, -0.1) is 0 Å². The van der Waals surface area contributed by atoms with E-state index in [-0.39, 0.29) is 6.61 Å². The predicted molar refractivity (Wildman–Crippen MR) is 85.5 cm³/mol. The minimum atomic E-state index is -0.475. The summed E-state index contributed by atoms with van der Waals surface area (Å²) in [6, 6.07) is 16.7. The summed E-state index contributed by atoms with van der Waals surface area (Å²) in [7, 11) is 0. The number of alkyl carbamates (subject to hydrolysis) is 1. The first-order chi connectivity index (χ1) is 10.8. The van der Waals surface area contributed by atoms with Gasteiger partial charge in [-0.05, 0) is 11.1 Å². The second kappa shape index (κ2) is 8.42. The van der Waals surface area contributed by atoms with Crippen molar-refractivity contribution >= 4 is 18.5 Å². The number of carbonyl (C=O) groups excluding carboxylic acids is 2. The van der Waals surface area contributed by atoms with E-state index in [0.717, 1.165) is 17.4 Å². The Kier molecular flexibility index (Phi) is 5.93. The highest BCUT2D eigenvalue weighted by molar-refractivity contribution is 5.81. The van der Waals surface area contributed by atoms with Crippen molar-refractivity contribution in [2.75, 3.05) is 6.54 Å². The molecule has 0 spiro atoms. The number of hydrogen-bond donors (Lipinski definition) is 1. The molecule has 4 nitrogen and oxygen atoms in total. The highest BCUT2D eigenvalue weighted by Gasteiger charge is 2.00. The fourth-order valence-corrected chi connectivity index (χ4v) is 1.87. The van der Waals surface area contributed by atoms with Gasteiger partial charge in [-0.3, -0.25) is 4.79 Å². The summed E-state index contributed by atoms with van der Waals surface area (Å²) in [5.41, 5.74) is 2.37. The number of ether oxygens (including phenoxy) is 1. The third kappa shape index (κ3) is 4.90. The fraction of sp³-hybridized carbons (Fsp3) is 0.111. The van der Waals surface area contributed by atoms with E-state index in [2.05, 4.69) is 5.32 Å². The molecule has 22 heavy (non-hydrogen) atoms. The van der Waals surface area contributed by atoms with E-state index in [1.54, 1.807) is 24.3 Å². The standard InChI is InChI=1S/C18H17NO3/c20-13-17-10-5-4-9-16(17)11-6-12-19-18(21)22-14-15-7-2-1-3-8-15/h1-11,13H,12,14H2,(H,19,21). The molecular weight excluding hydrogens is 278 g/mol. The van der Waals surface area contributed by atoms with Crippen molar-refractivity contribution in [3.8, 4) is 0 Å². The molecule has 0 aliphatic carbocycles. The molecule has 1 N–H and O–H groups in total. The highest BCUT2D eigenvalue weighted by Crippen LogP contribution is 2.07. The van der Waals surface area contributed by atoms with Gasteiger partial charge in [0.15, 0.2) is 6.29 Å². The Morgan fingerprint density at radius 2 is 1.68 bits per heavy atom. The van der Waals surface area contributed by atoms with Crippen LogP contribution in [-0.4, -0.2) is 18.9 Å². The van der Waals surface area contributed by atoms with Crippen LogP contribution in [0.25, 0.3) is 6.08 Å². The van der Waals surface area contributed by atoms with Crippen LogP contribution >= 0.6 is 0 Å². The lowest BCUT2D eigenvalue weighted by Gasteiger charge is -2.05. The smallest absolute Gasteiger partial charge is 0.407 e. The van der Waals surface area contributed by atoms with E-state index >= 15 is 0 Å². The molecule has 2 aromatic rings. The van der Waals surface area contributed by atoms with Gasteiger partial charge < -0.3 is 10.1 Å². The molecular formula is C18H17NO3. The first-order valence-corrected chi connectivity index (χ1v) is 6.95. The van der Waals surface area contributed by atoms with Gasteiger partial charge in [0.2, 0.25) is 0 Å². The zero-order valence-corrected chi connectivity index (χ0v) is 12.1. The summed E-state index contributed by atoms with van der Waals surface area (Å²) >= 11 is 0. The van der Waals surface area contributed by atoms with E-state index in [0.29, 0.717) is 12.1 Å². The minimum Gasteiger partial charge on any atom is -0.445 e. The van der Waals surface area contributed by atoms with Crippen LogP contribution in [-0.2, 0) is 11.3 Å². The quantitative estimate of drug-likeness (QED) is 0.831. The van der Waals surface area contributed by atoms with Crippen molar-refractivity contribution in [2.24, 2.45) is 0 Å². The Balaban J connectivity index is 1.75. The van der Waals surface area contributed by atoms with Gasteiger partial charge in [0, 0.05) is 12.1 Å². The molecule has 1 amide bonds. The summed E-state index contributed by atoms with van der Waals surface area (Å²) in [5, 5.41) is 2.62. The lowest BCUT2D eigenvalue weighted by Crippen LogP contribution is -2.24. The zero-order chi connectivity index (χ0) is 15.6. The number of aldehydes is 1. The van der Waals surface area contributed by atoms with Gasteiger partial charge in [-0.2, -0.15) is 0 Å². The van der Waals surface area contributed by atoms with Gasteiger partial charge in [0.05, 0.1) is 0 Å². The van der Waals surface area contributed by atoms with Gasteiger partial charge in [0.25, 0.3) is 0 Å². The van der Waals surface area contributed by atoms with Crippen LogP contribution in [0.1, 0.15) is 21.5 Å². The Bertz CT molecular complexity index is 650. The largest absolute Gasteiger partial charge is 0.445 e. The van der Waals surface area contributed by atoms with Crippen LogP contribution in [0.2, 0.25) is 0 Å². The topological polar surface area (TPSA) is 55.4 Å². The Morgan fingerprint density at radius 1 is 1.00 bits per heavy atom. The third-order valence-electron chi connectivity index (χ3n) is 3.00. The number of nitrogens with one attached hydrogen (secondary N) is 1. The normalized spacial score (nSPS) is 10.4. The van der Waals surface area contributed by atoms with Crippen LogP contribution in [0, 0.1) is 0 Å². The van der Waals surface area contributed by atoms with Crippen LogP contribution in [0.3, 0.4) is 0 Å². The van der Waals surface area contributed by atoms with Crippen LogP contribution in [0.15, 0.2) is 60.7 Å². The molecule has 0 fully saturated rings. The van der Waals surface area contributed by atoms with Crippen LogP contribution in [0.4, 0.5) is 4.79 Å². The average Bonchev–Trinajstić information content (AvgIpc) is 2.58. The number of carbonyl (C=O) groups is 2. The van der Waals surface area contributed by atoms with Crippen molar-refractivity contribution in [3.05, 3.63) is 77.4 Å². The van der Waals surface area contributed by atoms with Gasteiger partial charge >= 0.3 is 6.09 Å². The number of amides is 1. The Morgan fingerprint density at radius 3 is 2.41 bits per heavy atom. The molecule has 0 saturated carbocycles. The summed E-state index contributed by atoms with van der Waals surface area (Å²) in [5.74, 6) is 0. The molecule has 2 rings (SSSR count). The molecule has 0 aromatic heterocycles. The minimum absolute atomic E-state index is 0.240. The molecule has 0 bridgehead atoms. The number of benzene rings is 2. The molecule has 0 radical (unpaired) electrons. The number of rotatable bonds is 6. The highest BCUT2D eigenvalue weighted by atomic mass is 16.5. The lowest BCUT2D eigenvalue weighted by atomic mass is 10.1. The van der Waals surface area contributed by atoms with Crippen molar-refractivity contribution in [1.82, 2.24) is 5.32 Å². The maximum absolute atomic E-state index is 11.5. The van der Waals surface area contributed by atoms with E-state index in [9.17, 15) is 9.59 Å². The molecule has 0 atom stereocenters. The summed E-state index contributed by atoms with van der Waals surface area (Å²) < 4.78 is 5.09. The van der Waals surface area contributed by atoms with E-state index in [1.807, 2.05) is 42.5 Å². The van der Waals surface area contributed by atoms with Crippen molar-refractivity contribution in [3.63, 3.8) is 0 Å². The van der Waals surface area contributed by atoms with Crippen molar-refractivity contribution in [2.45, 2.75) is 6.61 Å². The van der Waals surface area contributed by atoms with E-state index < -0.39 is 6.09 Å². The van der Waals surface area contributed by atoms with Crippen molar-refractivity contribution in [1.29, 1.82) is 0 Å². The first-order valence-electron chi connectivity index (χ1n) is 6.95. The predicted octanol–water partition coefficient (Wildman–Crippen LogP) is 3.44. The van der Waals surface area contributed by atoms with Gasteiger partial charge in [-0.25, -0.2) is 4.79 Å². The molecule has 0 saturated heterocycles. The second-order valence-electron chi connectivity index (χ2n) is 4.59. The van der Waals surface area contributed by atoms with Gasteiger partial charge in [0.1, 0.15) is 6.61 Å². The summed E-state index contributed by atoms with van der Waals surface area (Å²) in [6.45, 7) is 0.575. The summed E-state index contributed by atoms with van der Waals surface area (Å²) in [4.78, 5) is 22.4. The van der Waals surface area contributed by atoms with Crippen LogP contribution < -0.4 is 5.32 Å². The molecule has 0 aliphatic rings. The lowest BCUT2D eigenvalue weighted by molar-refractivity contribution is 0.112. The SMILES string of the molecule is O=Cc1ccccc1C=CCNC(=O)OCc1ccccc1. The van der Waals surface area contributed by atoms with Crippen molar-refractivity contribution < 1.29 is 14.3 Å². The maximum atomic E-state index is 11.5. The Hall–Kier alpha value is -2.88. The number of hydrogen-bond acceptors (Lipinski definition) is 3. The average molecular weight is 295 g/mol. The first kappa shape index (κ1) is 15.5. The molecule has 0 heterocycles. The molecule has 2 aromatic carbocycles. The molecule has 0 unspecified atom stereocenters. The molecule has 112 valence electrons. The maximum Gasteiger partial charge on any atom is 0.407 e. The van der Waals surface area contributed by atoms with E-state index in [1.165, 1.54) is 0 Å². The summed E-state index contributed by atoms with van der Waals surface area (Å²) in [6.07, 6.45) is 3.89. The van der Waals surface area contributed by atoms with Crippen LogP contribution in [0.5, 0.6) is 0 Å². The third-order valence-corrected chi connectivity index (χ3v) is 3.00. The molecule has 4 heteroatoms. The van der Waals surface area contributed by atoms with E-state index in [4.69, 9.17) is 4.74 Å². The second-order valence-corrected chi connectivity index (χ2v) is 4.59. The monoisotopic (exact) mass is 295 g/mol. The fourth-order valence-electron chi connectivity index (χ4n) is 1.87. The Labute approximate surface area is 129 Å².